The van der Waals surface area contributed by atoms with Crippen LogP contribution in [0.4, 0.5) is 0 Å². The first-order valence-electron chi connectivity index (χ1n) is 2.95. The summed E-state index contributed by atoms with van der Waals surface area (Å²) >= 11 is 0. The van der Waals surface area contributed by atoms with Crippen molar-refractivity contribution in [2.24, 2.45) is 0 Å². The maximum atomic E-state index is 8.67. The lowest BCUT2D eigenvalue weighted by molar-refractivity contribution is 0.620. The molecule has 1 aromatic rings. The van der Waals surface area contributed by atoms with Crippen LogP contribution in [0.15, 0.2) is 30.3 Å². The van der Waals surface area contributed by atoms with E-state index in [4.69, 9.17) is 13.2 Å². The zero-order valence-electron chi connectivity index (χ0n) is 6.11. The molecule has 0 amide bonds. The average Bonchev–Trinajstić information content (AvgIpc) is 1.87. The van der Waals surface area contributed by atoms with Gasteiger partial charge >= 0.3 is 10.5 Å². The lowest BCUT2D eigenvalue weighted by atomic mass is 10.2. The van der Waals surface area contributed by atoms with Crippen molar-refractivity contribution in [2.75, 3.05) is 0 Å². The standard InChI is InChI=1S/C7H8.HNO2S/c1-7-5-3-2-4-6-7;1-4(2)3/h2-6H,1H3;1H. The molecule has 0 heterocycles. The number of rotatable bonds is 0. The molecule has 0 aromatic heterocycles. The van der Waals surface area contributed by atoms with Gasteiger partial charge in [0, 0.05) is 0 Å². The Kier molecular flexibility index (Phi) is 5.02. The molecule has 0 spiro atoms. The van der Waals surface area contributed by atoms with Crippen molar-refractivity contribution >= 4 is 10.5 Å². The summed E-state index contributed by atoms with van der Waals surface area (Å²) in [5, 5.41) is 0. The van der Waals surface area contributed by atoms with Crippen molar-refractivity contribution in [1.29, 1.82) is 4.78 Å². The third-order valence-corrected chi connectivity index (χ3v) is 0.940. The van der Waals surface area contributed by atoms with Crippen LogP contribution in [0, 0.1) is 11.7 Å². The predicted molar refractivity (Wildman–Crippen MR) is 42.8 cm³/mol. The lowest BCUT2D eigenvalue weighted by Crippen LogP contribution is -1.62. The molecule has 3 nitrogen and oxygen atoms in total. The molecule has 0 radical (unpaired) electrons. The quantitative estimate of drug-likeness (QED) is 0.644. The first kappa shape index (κ1) is 9.84. The van der Waals surface area contributed by atoms with Gasteiger partial charge in [0.15, 0.2) is 0 Å². The fraction of sp³-hybridized carbons (Fsp3) is 0.143. The fourth-order valence-corrected chi connectivity index (χ4v) is 0.534. The molecule has 0 aliphatic heterocycles. The van der Waals surface area contributed by atoms with Crippen molar-refractivity contribution in [1.82, 2.24) is 0 Å². The van der Waals surface area contributed by atoms with Gasteiger partial charge in [-0.1, -0.05) is 35.9 Å². The van der Waals surface area contributed by atoms with Crippen LogP contribution in [-0.2, 0) is 10.5 Å². The fourth-order valence-electron chi connectivity index (χ4n) is 0.534. The van der Waals surface area contributed by atoms with Gasteiger partial charge in [0.25, 0.3) is 0 Å². The second-order valence-corrected chi connectivity index (χ2v) is 2.36. The molecule has 0 atom stereocenters. The third-order valence-electron chi connectivity index (χ3n) is 0.940. The second kappa shape index (κ2) is 5.61. The van der Waals surface area contributed by atoms with Crippen LogP contribution in [0.2, 0.25) is 0 Å². The highest BCUT2D eigenvalue weighted by Gasteiger charge is 1.72. The Balaban J connectivity index is 0.000000218. The summed E-state index contributed by atoms with van der Waals surface area (Å²) in [7, 11) is -2.61. The van der Waals surface area contributed by atoms with Gasteiger partial charge in [-0.15, -0.1) is 0 Å². The molecule has 11 heavy (non-hydrogen) atoms. The van der Waals surface area contributed by atoms with Crippen LogP contribution in [0.3, 0.4) is 0 Å². The van der Waals surface area contributed by atoms with E-state index in [1.807, 2.05) is 18.2 Å². The normalized spacial score (nSPS) is 7.73. The molecular formula is C7H9NO2S. The molecular weight excluding hydrogens is 162 g/mol. The Bertz CT molecular complexity index is 283. The van der Waals surface area contributed by atoms with E-state index in [-0.39, 0.29) is 0 Å². The molecule has 1 rings (SSSR count). The van der Waals surface area contributed by atoms with E-state index < -0.39 is 10.5 Å². The van der Waals surface area contributed by atoms with E-state index >= 15 is 0 Å². The van der Waals surface area contributed by atoms with E-state index in [0.717, 1.165) is 0 Å². The number of nitrogens with one attached hydrogen (secondary N) is 1. The summed E-state index contributed by atoms with van der Waals surface area (Å²) in [6.07, 6.45) is 0. The summed E-state index contributed by atoms with van der Waals surface area (Å²) < 4.78 is 22.8. The third kappa shape index (κ3) is 8.84. The zero-order valence-corrected chi connectivity index (χ0v) is 6.93. The summed E-state index contributed by atoms with van der Waals surface area (Å²) in [5.74, 6) is 0. The van der Waals surface area contributed by atoms with E-state index in [2.05, 4.69) is 19.1 Å². The first-order valence-corrected chi connectivity index (χ1v) is 4.02. The lowest BCUT2D eigenvalue weighted by Gasteiger charge is -1.82. The van der Waals surface area contributed by atoms with Gasteiger partial charge in [-0.25, -0.2) is 0 Å². The second-order valence-electron chi connectivity index (χ2n) is 1.89. The Morgan fingerprint density at radius 2 is 1.55 bits per heavy atom. The Hall–Kier alpha value is -1.16. The molecule has 0 aliphatic carbocycles. The average molecular weight is 171 g/mol. The van der Waals surface area contributed by atoms with Gasteiger partial charge < -0.3 is 0 Å². The smallest absolute Gasteiger partial charge is 0.188 e. The molecule has 0 aliphatic rings. The zero-order chi connectivity index (χ0) is 8.69. The van der Waals surface area contributed by atoms with E-state index in [1.54, 1.807) is 0 Å². The molecule has 0 fully saturated rings. The molecule has 60 valence electrons. The molecule has 4 heteroatoms. The van der Waals surface area contributed by atoms with E-state index in [9.17, 15) is 0 Å². The number of hydrogen-bond donors (Lipinski definition) is 1. The Morgan fingerprint density at radius 1 is 1.18 bits per heavy atom. The minimum atomic E-state index is -2.61. The van der Waals surface area contributed by atoms with Crippen LogP contribution in [-0.4, -0.2) is 8.42 Å². The van der Waals surface area contributed by atoms with Gasteiger partial charge in [-0.3, -0.25) is 0 Å². The van der Waals surface area contributed by atoms with E-state index in [1.165, 1.54) is 5.56 Å². The molecule has 1 aromatic carbocycles. The van der Waals surface area contributed by atoms with Crippen molar-refractivity contribution < 1.29 is 8.42 Å². The van der Waals surface area contributed by atoms with E-state index in [0.29, 0.717) is 0 Å². The highest BCUT2D eigenvalue weighted by Crippen LogP contribution is 1.92. The van der Waals surface area contributed by atoms with Crippen LogP contribution in [0.25, 0.3) is 0 Å². The number of hydrogen-bond acceptors (Lipinski definition) is 3. The van der Waals surface area contributed by atoms with Crippen LogP contribution < -0.4 is 0 Å². The van der Waals surface area contributed by atoms with Crippen LogP contribution in [0.5, 0.6) is 0 Å². The Morgan fingerprint density at radius 3 is 1.73 bits per heavy atom. The molecule has 0 saturated heterocycles. The van der Waals surface area contributed by atoms with Crippen LogP contribution in [0.1, 0.15) is 5.56 Å². The predicted octanol–water partition coefficient (Wildman–Crippen LogP) is 1.62. The van der Waals surface area contributed by atoms with Gasteiger partial charge in [0.1, 0.15) is 0 Å². The first-order chi connectivity index (χ1) is 5.13. The number of aryl methyl sites for hydroxylation is 1. The highest BCUT2D eigenvalue weighted by atomic mass is 32.2. The summed E-state index contributed by atoms with van der Waals surface area (Å²) in [4.78, 5) is 0. The summed E-state index contributed by atoms with van der Waals surface area (Å²) in [6.45, 7) is 2.08. The maximum Gasteiger partial charge on any atom is 0.308 e. The number of benzene rings is 1. The van der Waals surface area contributed by atoms with Gasteiger partial charge in [0.2, 0.25) is 0 Å². The summed E-state index contributed by atoms with van der Waals surface area (Å²) in [5.41, 5.74) is 1.32. The minimum Gasteiger partial charge on any atom is -0.188 e. The van der Waals surface area contributed by atoms with Crippen LogP contribution >= 0.6 is 0 Å². The maximum absolute atomic E-state index is 8.67. The van der Waals surface area contributed by atoms with Crippen molar-refractivity contribution in [3.8, 4) is 0 Å². The monoisotopic (exact) mass is 171 g/mol. The van der Waals surface area contributed by atoms with Crippen molar-refractivity contribution in [3.05, 3.63) is 35.9 Å². The van der Waals surface area contributed by atoms with Gasteiger partial charge in [-0.2, -0.15) is 13.2 Å². The summed E-state index contributed by atoms with van der Waals surface area (Å²) in [6, 6.07) is 10.3. The molecule has 0 unspecified atom stereocenters. The molecule has 0 bridgehead atoms. The SMILES string of the molecule is Cc1ccccc1.N=S(=O)=O. The van der Waals surface area contributed by atoms with Crippen molar-refractivity contribution in [2.45, 2.75) is 6.92 Å². The topological polar surface area (TPSA) is 58.0 Å². The van der Waals surface area contributed by atoms with Gasteiger partial charge in [0.05, 0.1) is 0 Å². The largest absolute Gasteiger partial charge is 0.308 e. The Labute approximate surface area is 67.2 Å². The molecule has 0 saturated carbocycles. The minimum absolute atomic E-state index is 1.32. The highest BCUT2D eigenvalue weighted by molar-refractivity contribution is 7.60. The van der Waals surface area contributed by atoms with Gasteiger partial charge in [-0.05, 0) is 6.92 Å². The molecule has 1 N–H and O–H groups in total. The van der Waals surface area contributed by atoms with Crippen molar-refractivity contribution in [3.63, 3.8) is 0 Å².